The molecule has 0 aliphatic carbocycles. The number of carbonyl (C=O) groups is 2. The number of hydrogen-bond donors (Lipinski definition) is 2. The van der Waals surface area contributed by atoms with E-state index in [1.165, 1.54) is 0 Å². The van der Waals surface area contributed by atoms with E-state index in [0.29, 0.717) is 21.5 Å². The van der Waals surface area contributed by atoms with E-state index in [1.54, 1.807) is 42.5 Å². The number of hydrazine groups is 1. The number of ether oxygens (including phenoxy) is 1. The number of amides is 2. The molecule has 24 heavy (non-hydrogen) atoms. The van der Waals surface area contributed by atoms with Crippen LogP contribution in [0.5, 0.6) is 5.75 Å². The van der Waals surface area contributed by atoms with Gasteiger partial charge in [-0.25, -0.2) is 0 Å². The van der Waals surface area contributed by atoms with Crippen molar-refractivity contribution in [3.63, 3.8) is 0 Å². The van der Waals surface area contributed by atoms with Gasteiger partial charge >= 0.3 is 0 Å². The minimum absolute atomic E-state index is 0.255. The largest absolute Gasteiger partial charge is 0.492 e. The predicted molar refractivity (Wildman–Crippen MR) is 93.9 cm³/mol. The van der Waals surface area contributed by atoms with Gasteiger partial charge in [0.1, 0.15) is 12.4 Å². The molecule has 124 valence electrons. The number of rotatable bonds is 2. The van der Waals surface area contributed by atoms with Crippen LogP contribution in [0.2, 0.25) is 5.02 Å². The Kier molecular flexibility index (Phi) is 5.06. The van der Waals surface area contributed by atoms with Crippen molar-refractivity contribution in [1.29, 1.82) is 0 Å². The summed E-state index contributed by atoms with van der Waals surface area (Å²) in [5.41, 5.74) is 6.19. The van der Waals surface area contributed by atoms with Crippen molar-refractivity contribution in [3.8, 4) is 5.75 Å². The van der Waals surface area contributed by atoms with Crippen LogP contribution >= 0.6 is 27.5 Å². The molecule has 0 saturated carbocycles. The molecule has 1 aliphatic heterocycles. The van der Waals surface area contributed by atoms with Crippen molar-refractivity contribution in [2.24, 2.45) is 5.92 Å². The Bertz CT molecular complexity index is 797. The maximum absolute atomic E-state index is 12.3. The molecule has 1 atom stereocenters. The van der Waals surface area contributed by atoms with Crippen LogP contribution < -0.4 is 15.6 Å². The molecule has 0 spiro atoms. The molecule has 2 N–H and O–H groups in total. The first-order chi connectivity index (χ1) is 11.5. The average Bonchev–Trinajstić information content (AvgIpc) is 2.59. The molecule has 5 nitrogen and oxygen atoms in total. The van der Waals surface area contributed by atoms with Gasteiger partial charge in [-0.05, 0) is 58.2 Å². The molecular formula is C17H14BrClN2O3. The summed E-state index contributed by atoms with van der Waals surface area (Å²) in [6.07, 6.45) is 0.507. The second kappa shape index (κ2) is 7.23. The van der Waals surface area contributed by atoms with Crippen molar-refractivity contribution in [2.75, 3.05) is 6.61 Å². The number of halogens is 2. The van der Waals surface area contributed by atoms with Crippen molar-refractivity contribution >= 4 is 39.3 Å². The standard InChI is InChI=1S/C17H14BrClN2O3/c18-14-4-2-1-3-13(14)17(23)21-20-16(22)11-7-10-8-12(19)5-6-15(10)24-9-11/h1-6,8,11H,7,9H2,(H,20,22)(H,21,23)/t11-/m1/s1. The quantitative estimate of drug-likeness (QED) is 0.749. The number of carbonyl (C=O) groups excluding carboxylic acids is 2. The maximum atomic E-state index is 12.3. The molecule has 0 unspecified atom stereocenters. The van der Waals surface area contributed by atoms with Gasteiger partial charge in [0.2, 0.25) is 5.91 Å². The summed E-state index contributed by atoms with van der Waals surface area (Å²) < 4.78 is 6.24. The summed E-state index contributed by atoms with van der Waals surface area (Å²) in [6, 6.07) is 12.3. The molecule has 1 heterocycles. The molecule has 0 bridgehead atoms. The summed E-state index contributed by atoms with van der Waals surface area (Å²) in [7, 11) is 0. The van der Waals surface area contributed by atoms with E-state index in [4.69, 9.17) is 16.3 Å². The Morgan fingerprint density at radius 1 is 1.17 bits per heavy atom. The third kappa shape index (κ3) is 3.71. The lowest BCUT2D eigenvalue weighted by Crippen LogP contribution is -2.47. The van der Waals surface area contributed by atoms with Crippen molar-refractivity contribution < 1.29 is 14.3 Å². The smallest absolute Gasteiger partial charge is 0.270 e. The van der Waals surface area contributed by atoms with Crippen LogP contribution in [0.1, 0.15) is 15.9 Å². The lowest BCUT2D eigenvalue weighted by atomic mass is 9.96. The summed E-state index contributed by atoms with van der Waals surface area (Å²) >= 11 is 9.27. The van der Waals surface area contributed by atoms with Crippen molar-refractivity contribution in [2.45, 2.75) is 6.42 Å². The molecule has 0 saturated heterocycles. The molecule has 2 amide bonds. The normalized spacial score (nSPS) is 15.8. The Balaban J connectivity index is 1.60. The van der Waals surface area contributed by atoms with Crippen LogP contribution in [0.15, 0.2) is 46.9 Å². The second-order valence-electron chi connectivity index (χ2n) is 5.39. The Hall–Kier alpha value is -2.05. The topological polar surface area (TPSA) is 67.4 Å². The zero-order valence-electron chi connectivity index (χ0n) is 12.5. The van der Waals surface area contributed by atoms with Gasteiger partial charge < -0.3 is 4.74 Å². The summed E-state index contributed by atoms with van der Waals surface area (Å²) in [5, 5.41) is 0.598. The lowest BCUT2D eigenvalue weighted by molar-refractivity contribution is -0.127. The highest BCUT2D eigenvalue weighted by atomic mass is 79.9. The first-order valence-electron chi connectivity index (χ1n) is 7.30. The van der Waals surface area contributed by atoms with Gasteiger partial charge in [0.25, 0.3) is 5.91 Å². The predicted octanol–water partition coefficient (Wildman–Crippen LogP) is 3.11. The Morgan fingerprint density at radius 3 is 2.75 bits per heavy atom. The molecule has 1 aliphatic rings. The number of fused-ring (bicyclic) bond motifs is 1. The highest BCUT2D eigenvalue weighted by Crippen LogP contribution is 2.29. The number of nitrogens with one attached hydrogen (secondary N) is 2. The van der Waals surface area contributed by atoms with Gasteiger partial charge in [-0.3, -0.25) is 20.4 Å². The van der Waals surface area contributed by atoms with Gasteiger partial charge in [-0.2, -0.15) is 0 Å². The fraction of sp³-hybridized carbons (Fsp3) is 0.176. The van der Waals surface area contributed by atoms with Crippen LogP contribution in [0, 0.1) is 5.92 Å². The van der Waals surface area contributed by atoms with Crippen LogP contribution in [0.3, 0.4) is 0 Å². The summed E-state index contributed by atoms with van der Waals surface area (Å²) in [6.45, 7) is 0.255. The van der Waals surface area contributed by atoms with Gasteiger partial charge in [0, 0.05) is 9.50 Å². The van der Waals surface area contributed by atoms with Crippen LogP contribution in [0.25, 0.3) is 0 Å². The monoisotopic (exact) mass is 408 g/mol. The second-order valence-corrected chi connectivity index (χ2v) is 6.68. The van der Waals surface area contributed by atoms with Gasteiger partial charge in [-0.15, -0.1) is 0 Å². The molecule has 3 rings (SSSR count). The van der Waals surface area contributed by atoms with E-state index in [0.717, 1.165) is 11.3 Å². The summed E-state index contributed by atoms with van der Waals surface area (Å²) in [4.78, 5) is 24.4. The number of benzene rings is 2. The summed E-state index contributed by atoms with van der Waals surface area (Å²) in [5.74, 6) is -0.354. The molecule has 2 aromatic rings. The first kappa shape index (κ1) is 16.8. The fourth-order valence-corrected chi connectivity index (χ4v) is 3.12. The molecule has 0 radical (unpaired) electrons. The third-order valence-corrected chi connectivity index (χ3v) is 4.64. The molecule has 0 aromatic heterocycles. The Morgan fingerprint density at radius 2 is 1.96 bits per heavy atom. The zero-order valence-corrected chi connectivity index (χ0v) is 14.9. The van der Waals surface area contributed by atoms with E-state index in [9.17, 15) is 9.59 Å². The van der Waals surface area contributed by atoms with E-state index < -0.39 is 11.8 Å². The average molecular weight is 410 g/mol. The van der Waals surface area contributed by atoms with E-state index in [2.05, 4.69) is 26.8 Å². The van der Waals surface area contributed by atoms with Crippen LogP contribution in [-0.2, 0) is 11.2 Å². The maximum Gasteiger partial charge on any atom is 0.270 e. The van der Waals surface area contributed by atoms with Gasteiger partial charge in [0.05, 0.1) is 11.5 Å². The van der Waals surface area contributed by atoms with Gasteiger partial charge in [-0.1, -0.05) is 23.7 Å². The lowest BCUT2D eigenvalue weighted by Gasteiger charge is -2.24. The fourth-order valence-electron chi connectivity index (χ4n) is 2.46. The van der Waals surface area contributed by atoms with Crippen LogP contribution in [-0.4, -0.2) is 18.4 Å². The van der Waals surface area contributed by atoms with Crippen molar-refractivity contribution in [1.82, 2.24) is 10.9 Å². The minimum atomic E-state index is -0.393. The highest BCUT2D eigenvalue weighted by molar-refractivity contribution is 9.10. The molecule has 7 heteroatoms. The molecular weight excluding hydrogens is 396 g/mol. The Labute approximate surface area is 152 Å². The minimum Gasteiger partial charge on any atom is -0.492 e. The SMILES string of the molecule is O=C(NNC(=O)[C@H]1COc2ccc(Cl)cc2C1)c1ccccc1Br. The zero-order chi connectivity index (χ0) is 17.1. The van der Waals surface area contributed by atoms with E-state index in [-0.39, 0.29) is 12.5 Å². The van der Waals surface area contributed by atoms with Gasteiger partial charge in [0.15, 0.2) is 0 Å². The van der Waals surface area contributed by atoms with E-state index >= 15 is 0 Å². The number of hydrogen-bond acceptors (Lipinski definition) is 3. The third-order valence-electron chi connectivity index (χ3n) is 3.72. The molecule has 2 aromatic carbocycles. The van der Waals surface area contributed by atoms with Crippen molar-refractivity contribution in [3.05, 3.63) is 63.1 Å². The first-order valence-corrected chi connectivity index (χ1v) is 8.47. The van der Waals surface area contributed by atoms with E-state index in [1.807, 2.05) is 0 Å². The highest BCUT2D eigenvalue weighted by Gasteiger charge is 2.26. The van der Waals surface area contributed by atoms with Crippen LogP contribution in [0.4, 0.5) is 0 Å². The molecule has 0 fully saturated rings.